The number of rotatable bonds is 9. The maximum Gasteiger partial charge on any atom is 0.0587 e. The molecule has 0 amide bonds. The molecule has 0 spiro atoms. The molecule has 3 atom stereocenters. The fraction of sp³-hybridized carbons (Fsp3) is 0.536. The Bertz CT molecular complexity index is 804. The van der Waals surface area contributed by atoms with Crippen LogP contribution in [0.25, 0.3) is 0 Å². The van der Waals surface area contributed by atoms with E-state index in [1.54, 1.807) is 6.07 Å². The molecule has 1 saturated carbocycles. The van der Waals surface area contributed by atoms with Gasteiger partial charge in [-0.2, -0.15) is 5.26 Å². The van der Waals surface area contributed by atoms with Crippen molar-refractivity contribution in [2.75, 3.05) is 6.54 Å². The first-order valence-corrected chi connectivity index (χ1v) is 12.7. The summed E-state index contributed by atoms with van der Waals surface area (Å²) in [6.45, 7) is 9.54. The Hall–Kier alpha value is -1.53. The van der Waals surface area contributed by atoms with Gasteiger partial charge in [-0.05, 0) is 75.5 Å². The third kappa shape index (κ3) is 8.43. The number of aryl methyl sites for hydroxylation is 1. The van der Waals surface area contributed by atoms with Crippen molar-refractivity contribution in [3.63, 3.8) is 0 Å². The van der Waals surface area contributed by atoms with Gasteiger partial charge in [-0.1, -0.05) is 54.6 Å². The zero-order valence-corrected chi connectivity index (χ0v) is 21.5. The normalized spacial score (nSPS) is 21.2. The molecule has 2 aromatic rings. The van der Waals surface area contributed by atoms with E-state index in [2.05, 4.69) is 80.3 Å². The van der Waals surface area contributed by atoms with Crippen LogP contribution in [0.15, 0.2) is 54.6 Å². The summed E-state index contributed by atoms with van der Waals surface area (Å²) in [5.74, 6) is 0.516. The summed E-state index contributed by atoms with van der Waals surface area (Å²) in [4.78, 5) is 2.64. The molecule has 1 aliphatic rings. The summed E-state index contributed by atoms with van der Waals surface area (Å²) in [5.41, 5.74) is 4.24. The van der Waals surface area contributed by atoms with Crippen molar-refractivity contribution in [2.45, 2.75) is 88.6 Å². The molecule has 1 aliphatic carbocycles. The lowest BCUT2D eigenvalue weighted by molar-refractivity contribution is 0.158. The second-order valence-corrected chi connectivity index (χ2v) is 10.2. The van der Waals surface area contributed by atoms with Crippen LogP contribution >= 0.6 is 23.2 Å². The molecule has 0 aliphatic heterocycles. The largest absolute Gasteiger partial charge is 0.298 e. The van der Waals surface area contributed by atoms with Gasteiger partial charge in [0.15, 0.2) is 0 Å². The highest BCUT2D eigenvalue weighted by Gasteiger charge is 2.32. The number of hydrogen-bond donors (Lipinski definition) is 0. The van der Waals surface area contributed by atoms with Crippen LogP contribution in [-0.4, -0.2) is 34.3 Å². The molecular formula is C28H38Cl2N2. The van der Waals surface area contributed by atoms with E-state index in [9.17, 15) is 0 Å². The smallest absolute Gasteiger partial charge is 0.0587 e. The molecule has 32 heavy (non-hydrogen) atoms. The first-order valence-electron chi connectivity index (χ1n) is 11.8. The van der Waals surface area contributed by atoms with Gasteiger partial charge in [0.25, 0.3) is 0 Å². The fourth-order valence-electron chi connectivity index (χ4n) is 4.60. The molecule has 4 heteroatoms. The van der Waals surface area contributed by atoms with Crippen molar-refractivity contribution in [3.8, 4) is 6.07 Å². The topological polar surface area (TPSA) is 27.0 Å². The van der Waals surface area contributed by atoms with E-state index in [0.717, 1.165) is 32.2 Å². The average molecular weight is 474 g/mol. The summed E-state index contributed by atoms with van der Waals surface area (Å²) in [7, 11) is 0. The lowest BCUT2D eigenvalue weighted by atomic mass is 9.95. The number of nitrogens with zero attached hydrogens (tertiary/aromatic N) is 2. The van der Waals surface area contributed by atoms with Crippen molar-refractivity contribution in [1.82, 2.24) is 4.90 Å². The fourth-order valence-corrected chi connectivity index (χ4v) is 5.23. The second-order valence-electron chi connectivity index (χ2n) is 9.12. The van der Waals surface area contributed by atoms with E-state index in [1.807, 2.05) is 0 Å². The van der Waals surface area contributed by atoms with Gasteiger partial charge >= 0.3 is 0 Å². The molecule has 3 rings (SSSR count). The quantitative estimate of drug-likeness (QED) is 0.351. The number of benzene rings is 2. The maximum atomic E-state index is 7.32. The van der Waals surface area contributed by atoms with Crippen molar-refractivity contribution in [2.24, 2.45) is 0 Å². The Morgan fingerprint density at radius 3 is 1.97 bits per heavy atom. The van der Waals surface area contributed by atoms with E-state index >= 15 is 0 Å². The number of nitriles is 1. The van der Waals surface area contributed by atoms with Crippen LogP contribution in [0.3, 0.4) is 0 Å². The van der Waals surface area contributed by atoms with Gasteiger partial charge in [0, 0.05) is 25.6 Å². The van der Waals surface area contributed by atoms with Gasteiger partial charge in [-0.15, -0.1) is 23.2 Å². The van der Waals surface area contributed by atoms with E-state index in [4.69, 9.17) is 28.5 Å². The van der Waals surface area contributed by atoms with E-state index < -0.39 is 0 Å². The van der Waals surface area contributed by atoms with Gasteiger partial charge in [-0.3, -0.25) is 4.90 Å². The number of hydrogen-bond acceptors (Lipinski definition) is 2. The molecule has 0 saturated heterocycles. The number of alkyl halides is 2. The Morgan fingerprint density at radius 1 is 0.906 bits per heavy atom. The standard InChI is InChI=1S/C26H35Cl2N.C2H3N/c1-19(2)29(16-15-21-7-5-4-6-8-21)20(3)9-10-22-11-13-23(14-12-22)24-17-25(27)26(28)18-24;1-2-3/h4-8,11-14,19-20,24-26H,9-10,15-18H2,1-3H3;1H3. The SMILES string of the molecule is CC#N.CC(C)N(CCc1ccccc1)C(C)CCc1ccc(C2CC(Cl)C(Cl)C2)cc1. The molecule has 2 nitrogen and oxygen atoms in total. The summed E-state index contributed by atoms with van der Waals surface area (Å²) >= 11 is 12.6. The molecule has 0 bridgehead atoms. The predicted molar refractivity (Wildman–Crippen MR) is 139 cm³/mol. The minimum atomic E-state index is 0.111. The molecule has 0 aromatic heterocycles. The summed E-state index contributed by atoms with van der Waals surface area (Å²) in [6.07, 6.45) is 5.41. The molecule has 174 valence electrons. The van der Waals surface area contributed by atoms with Gasteiger partial charge in [0.1, 0.15) is 0 Å². The Labute approximate surface area is 205 Å². The minimum absolute atomic E-state index is 0.111. The van der Waals surface area contributed by atoms with Gasteiger partial charge in [0.05, 0.1) is 16.8 Å². The van der Waals surface area contributed by atoms with E-state index in [1.165, 1.54) is 30.0 Å². The highest BCUT2D eigenvalue weighted by molar-refractivity contribution is 6.30. The highest BCUT2D eigenvalue weighted by atomic mass is 35.5. The summed E-state index contributed by atoms with van der Waals surface area (Å²) in [6, 6.07) is 22.9. The van der Waals surface area contributed by atoms with Crippen molar-refractivity contribution in [1.29, 1.82) is 5.26 Å². The summed E-state index contributed by atoms with van der Waals surface area (Å²) in [5, 5.41) is 7.54. The lowest BCUT2D eigenvalue weighted by Crippen LogP contribution is -2.40. The lowest BCUT2D eigenvalue weighted by Gasteiger charge is -2.33. The first kappa shape index (κ1) is 26.7. The molecular weight excluding hydrogens is 435 g/mol. The Balaban J connectivity index is 0.00000114. The van der Waals surface area contributed by atoms with Crippen molar-refractivity contribution < 1.29 is 0 Å². The molecule has 0 N–H and O–H groups in total. The molecule has 0 radical (unpaired) electrons. The van der Waals surface area contributed by atoms with Crippen LogP contribution in [0.4, 0.5) is 0 Å². The third-order valence-electron chi connectivity index (χ3n) is 6.44. The molecule has 1 fully saturated rings. The van der Waals surface area contributed by atoms with Gasteiger partial charge < -0.3 is 0 Å². The van der Waals surface area contributed by atoms with E-state index in [0.29, 0.717) is 18.0 Å². The molecule has 2 aromatic carbocycles. The van der Waals surface area contributed by atoms with Gasteiger partial charge in [0.2, 0.25) is 0 Å². The Morgan fingerprint density at radius 2 is 1.44 bits per heavy atom. The first-order chi connectivity index (χ1) is 15.3. The monoisotopic (exact) mass is 472 g/mol. The van der Waals surface area contributed by atoms with Crippen LogP contribution in [0.1, 0.15) is 69.6 Å². The second kappa shape index (κ2) is 13.9. The average Bonchev–Trinajstić information content (AvgIpc) is 3.12. The Kier molecular flexibility index (Phi) is 11.6. The third-order valence-corrected chi connectivity index (χ3v) is 7.54. The van der Waals surface area contributed by atoms with Crippen LogP contribution < -0.4 is 0 Å². The van der Waals surface area contributed by atoms with Crippen molar-refractivity contribution in [3.05, 3.63) is 71.3 Å². The highest BCUT2D eigenvalue weighted by Crippen LogP contribution is 2.40. The summed E-state index contributed by atoms with van der Waals surface area (Å²) < 4.78 is 0. The molecule has 3 unspecified atom stereocenters. The van der Waals surface area contributed by atoms with E-state index in [-0.39, 0.29) is 10.8 Å². The predicted octanol–water partition coefficient (Wildman–Crippen LogP) is 7.58. The van der Waals surface area contributed by atoms with Gasteiger partial charge in [-0.25, -0.2) is 0 Å². The van der Waals surface area contributed by atoms with Crippen LogP contribution in [0.2, 0.25) is 0 Å². The van der Waals surface area contributed by atoms with Crippen LogP contribution in [-0.2, 0) is 12.8 Å². The minimum Gasteiger partial charge on any atom is -0.298 e. The van der Waals surface area contributed by atoms with Crippen molar-refractivity contribution >= 4 is 23.2 Å². The van der Waals surface area contributed by atoms with Crippen LogP contribution in [0, 0.1) is 11.3 Å². The zero-order valence-electron chi connectivity index (χ0n) is 20.0. The number of halogens is 2. The molecule has 0 heterocycles. The van der Waals surface area contributed by atoms with Crippen LogP contribution in [0.5, 0.6) is 0 Å². The zero-order chi connectivity index (χ0) is 23.5. The maximum absolute atomic E-state index is 7.32.